The van der Waals surface area contributed by atoms with E-state index in [1.165, 1.54) is 12.1 Å². The molecule has 0 unspecified atom stereocenters. The Balaban J connectivity index is 1.63. The molecule has 0 bridgehead atoms. The molecule has 182 valence electrons. The Bertz CT molecular complexity index is 1380. The SMILES string of the molecule is COCCNC(=O)c1ccc(-c2coc3c(O[C@H](C)c4c(Cl)ccc(F)c4Cl)c(N)ncc23)cc1. The Morgan fingerprint density at radius 1 is 1.23 bits per heavy atom. The zero-order valence-electron chi connectivity index (χ0n) is 18.9. The van der Waals surface area contributed by atoms with E-state index in [-0.39, 0.29) is 33.1 Å². The van der Waals surface area contributed by atoms with Crippen molar-refractivity contribution in [2.24, 2.45) is 0 Å². The maximum Gasteiger partial charge on any atom is 0.251 e. The van der Waals surface area contributed by atoms with Crippen LogP contribution in [0.5, 0.6) is 5.75 Å². The molecule has 0 aliphatic heterocycles. The molecule has 2 heterocycles. The number of amides is 1. The van der Waals surface area contributed by atoms with Crippen molar-refractivity contribution in [3.05, 3.63) is 75.8 Å². The topological polar surface area (TPSA) is 99.6 Å². The van der Waals surface area contributed by atoms with Crippen LogP contribution in [0.15, 0.2) is 53.3 Å². The molecule has 0 spiro atoms. The Morgan fingerprint density at radius 3 is 2.69 bits per heavy atom. The van der Waals surface area contributed by atoms with Crippen LogP contribution in [0.2, 0.25) is 10.0 Å². The number of nitrogens with zero attached hydrogens (tertiary/aromatic N) is 1. The first-order valence-electron chi connectivity index (χ1n) is 10.6. The van der Waals surface area contributed by atoms with Crippen molar-refractivity contribution >= 4 is 45.9 Å². The van der Waals surface area contributed by atoms with E-state index in [1.807, 2.05) is 0 Å². The van der Waals surface area contributed by atoms with Crippen molar-refractivity contribution in [3.63, 3.8) is 0 Å². The number of fused-ring (bicyclic) bond motifs is 1. The molecule has 3 N–H and O–H groups in total. The zero-order chi connectivity index (χ0) is 25.1. The Morgan fingerprint density at radius 2 is 1.97 bits per heavy atom. The molecule has 0 aliphatic carbocycles. The second-order valence-electron chi connectivity index (χ2n) is 7.71. The number of nitrogen functional groups attached to an aromatic ring is 1. The molecule has 1 atom stereocenters. The summed E-state index contributed by atoms with van der Waals surface area (Å²) in [5.41, 5.74) is 8.79. The number of rotatable bonds is 8. The molecular weight excluding hydrogens is 496 g/mol. The van der Waals surface area contributed by atoms with E-state index in [9.17, 15) is 9.18 Å². The number of anilines is 1. The number of methoxy groups -OCH3 is 1. The van der Waals surface area contributed by atoms with Gasteiger partial charge in [-0.05, 0) is 36.8 Å². The summed E-state index contributed by atoms with van der Waals surface area (Å²) in [6.07, 6.45) is 2.39. The molecule has 2 aromatic heterocycles. The second-order valence-corrected chi connectivity index (χ2v) is 8.49. The minimum Gasteiger partial charge on any atom is -0.478 e. The van der Waals surface area contributed by atoms with Gasteiger partial charge < -0.3 is 24.9 Å². The molecule has 0 aliphatic rings. The highest BCUT2D eigenvalue weighted by molar-refractivity contribution is 6.36. The summed E-state index contributed by atoms with van der Waals surface area (Å²) < 4.78 is 30.8. The van der Waals surface area contributed by atoms with E-state index in [0.717, 1.165) is 11.1 Å². The molecule has 0 saturated carbocycles. The normalized spacial score (nSPS) is 12.0. The van der Waals surface area contributed by atoms with Crippen LogP contribution in [0.25, 0.3) is 22.1 Å². The third kappa shape index (κ3) is 5.05. The van der Waals surface area contributed by atoms with Crippen LogP contribution in [0, 0.1) is 5.82 Å². The van der Waals surface area contributed by atoms with Crippen molar-refractivity contribution in [3.8, 4) is 16.9 Å². The number of benzene rings is 2. The Kier molecular flexibility index (Phi) is 7.45. The predicted octanol–water partition coefficient (Wildman–Crippen LogP) is 6.04. The number of nitrogens with two attached hydrogens (primary N) is 1. The number of carbonyl (C=O) groups excluding carboxylic acids is 1. The van der Waals surface area contributed by atoms with E-state index < -0.39 is 11.9 Å². The lowest BCUT2D eigenvalue weighted by Gasteiger charge is -2.18. The average Bonchev–Trinajstić information content (AvgIpc) is 3.28. The third-order valence-electron chi connectivity index (χ3n) is 5.43. The maximum atomic E-state index is 14.0. The number of nitrogens with one attached hydrogen (secondary N) is 1. The predicted molar refractivity (Wildman–Crippen MR) is 134 cm³/mol. The molecule has 10 heteroatoms. The first-order chi connectivity index (χ1) is 16.8. The fourth-order valence-corrected chi connectivity index (χ4v) is 4.32. The molecule has 2 aromatic carbocycles. The molecule has 0 fully saturated rings. The van der Waals surface area contributed by atoms with Crippen LogP contribution in [0.1, 0.15) is 28.9 Å². The minimum absolute atomic E-state index is 0.0944. The highest BCUT2D eigenvalue weighted by atomic mass is 35.5. The van der Waals surface area contributed by atoms with E-state index in [2.05, 4.69) is 10.3 Å². The molecule has 7 nitrogen and oxygen atoms in total. The molecule has 35 heavy (non-hydrogen) atoms. The van der Waals surface area contributed by atoms with Gasteiger partial charge in [-0.1, -0.05) is 35.3 Å². The monoisotopic (exact) mass is 517 g/mol. The van der Waals surface area contributed by atoms with Gasteiger partial charge in [0.2, 0.25) is 5.75 Å². The van der Waals surface area contributed by atoms with Crippen molar-refractivity contribution < 1.29 is 23.1 Å². The molecule has 4 aromatic rings. The summed E-state index contributed by atoms with van der Waals surface area (Å²) in [5.74, 6) is -0.523. The smallest absolute Gasteiger partial charge is 0.251 e. The largest absolute Gasteiger partial charge is 0.478 e. The maximum absolute atomic E-state index is 14.0. The number of ether oxygens (including phenoxy) is 2. The second kappa shape index (κ2) is 10.5. The first kappa shape index (κ1) is 24.8. The van der Waals surface area contributed by atoms with Gasteiger partial charge in [0.1, 0.15) is 11.9 Å². The quantitative estimate of drug-likeness (QED) is 0.218. The summed E-state index contributed by atoms with van der Waals surface area (Å²) in [5, 5.41) is 3.55. The van der Waals surface area contributed by atoms with E-state index in [4.69, 9.17) is 42.8 Å². The number of pyridine rings is 1. The molecule has 1 amide bonds. The molecular formula is C25H22Cl2FN3O4. The Labute approximate surface area is 210 Å². The van der Waals surface area contributed by atoms with Gasteiger partial charge in [-0.3, -0.25) is 4.79 Å². The van der Waals surface area contributed by atoms with Crippen LogP contribution in [0.3, 0.4) is 0 Å². The Hall–Kier alpha value is -3.33. The van der Waals surface area contributed by atoms with Gasteiger partial charge in [0.25, 0.3) is 5.91 Å². The fourth-order valence-electron chi connectivity index (χ4n) is 3.64. The number of halogens is 3. The van der Waals surface area contributed by atoms with Gasteiger partial charge >= 0.3 is 0 Å². The lowest BCUT2D eigenvalue weighted by atomic mass is 10.0. The number of carbonyl (C=O) groups is 1. The highest BCUT2D eigenvalue weighted by Gasteiger charge is 2.23. The summed E-state index contributed by atoms with van der Waals surface area (Å²) >= 11 is 12.4. The van der Waals surface area contributed by atoms with Gasteiger partial charge in [0.15, 0.2) is 11.4 Å². The summed E-state index contributed by atoms with van der Waals surface area (Å²) in [4.78, 5) is 16.5. The van der Waals surface area contributed by atoms with Crippen LogP contribution in [-0.4, -0.2) is 31.2 Å². The van der Waals surface area contributed by atoms with Gasteiger partial charge in [0.05, 0.1) is 23.3 Å². The number of hydrogen-bond acceptors (Lipinski definition) is 6. The van der Waals surface area contributed by atoms with Gasteiger partial charge in [-0.25, -0.2) is 9.37 Å². The number of hydrogen-bond donors (Lipinski definition) is 2. The standard InChI is InChI=1S/C25H22Cl2FN3O4/c1-13(20-18(26)7-8-19(28)21(20)27)35-23-22-16(11-31-24(23)29)17(12-34-22)14-3-5-15(6-4-14)25(32)30-9-10-33-2/h3-8,11-13H,9-10H2,1-2H3,(H2,29,31)(H,30,32)/t13-/m1/s1. The fraction of sp³-hybridized carbons (Fsp3) is 0.200. The number of aromatic nitrogens is 1. The van der Waals surface area contributed by atoms with Crippen molar-refractivity contribution in [2.45, 2.75) is 13.0 Å². The van der Waals surface area contributed by atoms with E-state index in [1.54, 1.807) is 50.8 Å². The van der Waals surface area contributed by atoms with Crippen LogP contribution in [-0.2, 0) is 4.74 Å². The van der Waals surface area contributed by atoms with Crippen LogP contribution in [0.4, 0.5) is 10.2 Å². The molecule has 4 rings (SSSR count). The van der Waals surface area contributed by atoms with Crippen LogP contribution < -0.4 is 15.8 Å². The summed E-state index contributed by atoms with van der Waals surface area (Å²) in [6.45, 7) is 2.52. The minimum atomic E-state index is -0.746. The average molecular weight is 518 g/mol. The summed E-state index contributed by atoms with van der Waals surface area (Å²) in [7, 11) is 1.57. The van der Waals surface area contributed by atoms with Gasteiger partial charge in [-0.15, -0.1) is 0 Å². The van der Waals surface area contributed by atoms with Crippen molar-refractivity contribution in [2.75, 3.05) is 26.0 Å². The number of furan rings is 1. The highest BCUT2D eigenvalue weighted by Crippen LogP contribution is 2.41. The van der Waals surface area contributed by atoms with Gasteiger partial charge in [-0.2, -0.15) is 0 Å². The summed E-state index contributed by atoms with van der Waals surface area (Å²) in [6, 6.07) is 9.64. The third-order valence-corrected chi connectivity index (χ3v) is 6.15. The van der Waals surface area contributed by atoms with E-state index >= 15 is 0 Å². The lowest BCUT2D eigenvalue weighted by Crippen LogP contribution is -2.26. The van der Waals surface area contributed by atoms with E-state index in [0.29, 0.717) is 29.7 Å². The van der Waals surface area contributed by atoms with Crippen molar-refractivity contribution in [1.82, 2.24) is 10.3 Å². The lowest BCUT2D eigenvalue weighted by molar-refractivity contribution is 0.0937. The van der Waals surface area contributed by atoms with Gasteiger partial charge in [0, 0.05) is 41.6 Å². The van der Waals surface area contributed by atoms with Crippen molar-refractivity contribution in [1.29, 1.82) is 0 Å². The van der Waals surface area contributed by atoms with Crippen LogP contribution >= 0.6 is 23.2 Å². The molecule has 0 radical (unpaired) electrons. The first-order valence-corrected chi connectivity index (χ1v) is 11.4. The zero-order valence-corrected chi connectivity index (χ0v) is 20.4. The molecule has 0 saturated heterocycles.